The molecule has 0 bridgehead atoms. The van der Waals surface area contributed by atoms with Crippen molar-refractivity contribution in [3.8, 4) is 5.75 Å². The summed E-state index contributed by atoms with van der Waals surface area (Å²) in [4.78, 5) is 0. The second-order valence-electron chi connectivity index (χ2n) is 5.17. The smallest absolute Gasteiger partial charge is 0.153 e. The van der Waals surface area contributed by atoms with E-state index in [1.54, 1.807) is 6.92 Å². The summed E-state index contributed by atoms with van der Waals surface area (Å²) in [5, 5.41) is 0. The highest BCUT2D eigenvalue weighted by Crippen LogP contribution is 2.29. The van der Waals surface area contributed by atoms with E-state index < -0.39 is 9.84 Å². The minimum Gasteiger partial charge on any atom is -0.492 e. The lowest BCUT2D eigenvalue weighted by atomic mass is 10.0. The van der Waals surface area contributed by atoms with Gasteiger partial charge in [0.15, 0.2) is 9.84 Å². The third-order valence-electron chi connectivity index (χ3n) is 3.40. The van der Waals surface area contributed by atoms with Crippen LogP contribution in [-0.4, -0.2) is 32.6 Å². The van der Waals surface area contributed by atoms with Gasteiger partial charge in [-0.2, -0.15) is 0 Å². The van der Waals surface area contributed by atoms with Crippen molar-refractivity contribution in [3.05, 3.63) is 27.7 Å². The van der Waals surface area contributed by atoms with Crippen LogP contribution in [0.25, 0.3) is 0 Å². The Morgan fingerprint density at radius 2 is 2.00 bits per heavy atom. The summed E-state index contributed by atoms with van der Waals surface area (Å²) in [6, 6.07) is 4.02. The van der Waals surface area contributed by atoms with Crippen molar-refractivity contribution in [2.45, 2.75) is 39.7 Å². The molecule has 0 heterocycles. The maximum Gasteiger partial charge on any atom is 0.153 e. The molecule has 21 heavy (non-hydrogen) atoms. The van der Waals surface area contributed by atoms with Crippen molar-refractivity contribution < 1.29 is 13.2 Å². The fourth-order valence-electron chi connectivity index (χ4n) is 2.00. The lowest BCUT2D eigenvalue weighted by Gasteiger charge is -2.17. The van der Waals surface area contributed by atoms with Crippen molar-refractivity contribution >= 4 is 25.8 Å². The van der Waals surface area contributed by atoms with Gasteiger partial charge in [-0.1, -0.05) is 29.8 Å². The molecule has 2 N–H and O–H groups in total. The van der Waals surface area contributed by atoms with Gasteiger partial charge in [0.05, 0.1) is 5.75 Å². The van der Waals surface area contributed by atoms with Crippen LogP contribution in [0.4, 0.5) is 0 Å². The first-order valence-corrected chi connectivity index (χ1v) is 9.78. The highest BCUT2D eigenvalue weighted by molar-refractivity contribution is 9.10. The molecule has 0 aliphatic carbocycles. The summed E-state index contributed by atoms with van der Waals surface area (Å²) in [5.41, 5.74) is 8.03. The predicted octanol–water partition coefficient (Wildman–Crippen LogP) is 2.85. The monoisotopic (exact) mass is 377 g/mol. The number of ether oxygens (including phenoxy) is 1. The number of aryl methyl sites for hydroxylation is 1. The molecule has 4 nitrogen and oxygen atoms in total. The van der Waals surface area contributed by atoms with E-state index in [2.05, 4.69) is 15.9 Å². The van der Waals surface area contributed by atoms with E-state index in [4.69, 9.17) is 10.5 Å². The molecule has 0 amide bonds. The van der Waals surface area contributed by atoms with Crippen molar-refractivity contribution in [3.63, 3.8) is 0 Å². The van der Waals surface area contributed by atoms with Crippen LogP contribution in [0.5, 0.6) is 5.75 Å². The maximum atomic E-state index is 11.5. The van der Waals surface area contributed by atoms with Crippen molar-refractivity contribution in [1.82, 2.24) is 0 Å². The number of halogens is 1. The topological polar surface area (TPSA) is 69.4 Å². The van der Waals surface area contributed by atoms with Gasteiger partial charge in [-0.3, -0.25) is 0 Å². The molecule has 1 aromatic carbocycles. The summed E-state index contributed by atoms with van der Waals surface area (Å²) in [5.74, 6) is 0.940. The number of rotatable bonds is 8. The zero-order valence-corrected chi connectivity index (χ0v) is 15.3. The first-order valence-electron chi connectivity index (χ1n) is 7.16. The average molecular weight is 378 g/mol. The molecule has 0 radical (unpaired) electrons. The second-order valence-corrected chi connectivity index (χ2v) is 8.56. The molecule has 0 saturated carbocycles. The predicted molar refractivity (Wildman–Crippen MR) is 90.7 cm³/mol. The second kappa shape index (κ2) is 8.15. The zero-order chi connectivity index (χ0) is 16.0. The first kappa shape index (κ1) is 18.5. The Balaban J connectivity index is 2.89. The van der Waals surface area contributed by atoms with Gasteiger partial charge in [-0.25, -0.2) is 8.42 Å². The Hall–Kier alpha value is -0.590. The summed E-state index contributed by atoms with van der Waals surface area (Å²) in [7, 11) is -3.01. The van der Waals surface area contributed by atoms with Crippen LogP contribution in [0.15, 0.2) is 16.6 Å². The van der Waals surface area contributed by atoms with Gasteiger partial charge in [0, 0.05) is 16.3 Å². The Bertz CT molecular complexity index is 573. The standard InChI is InChI=1S/C15H24BrNO3S/c1-4-14(17)10-12-9-13(16)8-11(3)15(12)20-6-7-21(18,19)5-2/h8-9,14H,4-7,10,17H2,1-3H3. The van der Waals surface area contributed by atoms with E-state index in [1.165, 1.54) is 0 Å². The van der Waals surface area contributed by atoms with Crippen LogP contribution in [0.2, 0.25) is 0 Å². The van der Waals surface area contributed by atoms with E-state index in [1.807, 2.05) is 26.0 Å². The zero-order valence-electron chi connectivity index (χ0n) is 12.9. The Morgan fingerprint density at radius 1 is 1.33 bits per heavy atom. The summed E-state index contributed by atoms with van der Waals surface area (Å²) in [6.07, 6.45) is 1.60. The lowest BCUT2D eigenvalue weighted by Crippen LogP contribution is -2.22. The third-order valence-corrected chi connectivity index (χ3v) is 5.53. The highest BCUT2D eigenvalue weighted by atomic mass is 79.9. The van der Waals surface area contributed by atoms with Crippen LogP contribution in [0.3, 0.4) is 0 Å². The third kappa shape index (κ3) is 5.96. The summed E-state index contributed by atoms with van der Waals surface area (Å²) in [6.45, 7) is 5.82. The van der Waals surface area contributed by atoms with Gasteiger partial charge in [0.1, 0.15) is 12.4 Å². The molecule has 0 fully saturated rings. The number of hydrogen-bond acceptors (Lipinski definition) is 4. The minimum absolute atomic E-state index is 0.0400. The molecule has 0 aliphatic rings. The van der Waals surface area contributed by atoms with Gasteiger partial charge in [0.25, 0.3) is 0 Å². The van der Waals surface area contributed by atoms with Crippen LogP contribution >= 0.6 is 15.9 Å². The van der Waals surface area contributed by atoms with E-state index in [0.29, 0.717) is 6.42 Å². The van der Waals surface area contributed by atoms with Crippen molar-refractivity contribution in [2.24, 2.45) is 5.73 Å². The van der Waals surface area contributed by atoms with Crippen LogP contribution in [0, 0.1) is 6.92 Å². The molecule has 1 unspecified atom stereocenters. The van der Waals surface area contributed by atoms with Gasteiger partial charge in [-0.15, -0.1) is 0 Å². The fraction of sp³-hybridized carbons (Fsp3) is 0.600. The first-order chi connectivity index (χ1) is 9.79. The minimum atomic E-state index is -3.01. The molecule has 1 atom stereocenters. The van der Waals surface area contributed by atoms with Gasteiger partial charge in [-0.05, 0) is 43.0 Å². The van der Waals surface area contributed by atoms with Crippen molar-refractivity contribution in [1.29, 1.82) is 0 Å². The SMILES string of the molecule is CCC(N)Cc1cc(Br)cc(C)c1OCCS(=O)(=O)CC. The Morgan fingerprint density at radius 3 is 2.57 bits per heavy atom. The van der Waals surface area contributed by atoms with E-state index >= 15 is 0 Å². The van der Waals surface area contributed by atoms with E-state index in [-0.39, 0.29) is 24.2 Å². The normalized spacial score (nSPS) is 13.2. The Labute approximate surface area is 136 Å². The number of benzene rings is 1. The molecular formula is C15H24BrNO3S. The fourth-order valence-corrected chi connectivity index (χ4v) is 3.24. The average Bonchev–Trinajstić information content (AvgIpc) is 2.41. The molecule has 1 aromatic rings. The number of nitrogens with two attached hydrogens (primary N) is 1. The Kier molecular flexibility index (Phi) is 7.16. The van der Waals surface area contributed by atoms with Crippen LogP contribution in [-0.2, 0) is 16.3 Å². The maximum absolute atomic E-state index is 11.5. The molecule has 0 aliphatic heterocycles. The van der Waals surface area contributed by atoms with Gasteiger partial charge >= 0.3 is 0 Å². The quantitative estimate of drug-likeness (QED) is 0.755. The number of hydrogen-bond donors (Lipinski definition) is 1. The molecule has 6 heteroatoms. The highest BCUT2D eigenvalue weighted by Gasteiger charge is 2.14. The van der Waals surface area contributed by atoms with Gasteiger partial charge in [0.2, 0.25) is 0 Å². The molecule has 1 rings (SSSR count). The molecular weight excluding hydrogens is 354 g/mol. The molecule has 0 spiro atoms. The van der Waals surface area contributed by atoms with Gasteiger partial charge < -0.3 is 10.5 Å². The van der Waals surface area contributed by atoms with E-state index in [9.17, 15) is 8.42 Å². The lowest BCUT2D eigenvalue weighted by molar-refractivity contribution is 0.333. The van der Waals surface area contributed by atoms with Crippen molar-refractivity contribution in [2.75, 3.05) is 18.1 Å². The molecule has 0 aromatic heterocycles. The largest absolute Gasteiger partial charge is 0.492 e. The van der Waals surface area contributed by atoms with Crippen LogP contribution in [0.1, 0.15) is 31.4 Å². The number of sulfone groups is 1. The summed E-state index contributed by atoms with van der Waals surface area (Å²) < 4.78 is 29.8. The molecule has 0 saturated heterocycles. The van der Waals surface area contributed by atoms with E-state index in [0.717, 1.165) is 27.8 Å². The molecule has 120 valence electrons. The summed E-state index contributed by atoms with van der Waals surface area (Å²) >= 11 is 3.48. The van der Waals surface area contributed by atoms with Crippen LogP contribution < -0.4 is 10.5 Å².